The minimum atomic E-state index is -0.670. The quantitative estimate of drug-likeness (QED) is 0.874. The van der Waals surface area contributed by atoms with Gasteiger partial charge in [0.2, 0.25) is 0 Å². The molecule has 1 aliphatic rings. The summed E-state index contributed by atoms with van der Waals surface area (Å²) >= 11 is 1.50. The molecule has 1 fully saturated rings. The Bertz CT molecular complexity index is 399. The summed E-state index contributed by atoms with van der Waals surface area (Å²) in [7, 11) is 0. The predicted molar refractivity (Wildman–Crippen MR) is 65.8 cm³/mol. The number of hydrogen-bond donors (Lipinski definition) is 1. The molecule has 0 aromatic heterocycles. The van der Waals surface area contributed by atoms with Crippen LogP contribution in [0.5, 0.6) is 0 Å². The zero-order chi connectivity index (χ0) is 11.8. The van der Waals surface area contributed by atoms with Gasteiger partial charge in [-0.1, -0.05) is 24.6 Å². The largest absolute Gasteiger partial charge is 0.480 e. The zero-order valence-electron chi connectivity index (χ0n) is 9.56. The van der Waals surface area contributed by atoms with Gasteiger partial charge < -0.3 is 5.11 Å². The fraction of sp³-hybridized carbons (Fsp3) is 0.462. The topological polar surface area (TPSA) is 37.3 Å². The molecule has 0 radical (unpaired) electrons. The first kappa shape index (κ1) is 11.5. The van der Waals surface area contributed by atoms with Crippen molar-refractivity contribution >= 4 is 17.7 Å². The first-order chi connectivity index (χ1) is 7.54. The zero-order valence-corrected chi connectivity index (χ0v) is 10.4. The molecule has 2 atom stereocenters. The first-order valence-corrected chi connectivity index (χ1v) is 6.35. The van der Waals surface area contributed by atoms with Gasteiger partial charge in [0.05, 0.1) is 0 Å². The smallest absolute Gasteiger partial charge is 0.320 e. The monoisotopic (exact) mass is 236 g/mol. The number of benzene rings is 1. The van der Waals surface area contributed by atoms with Crippen LogP contribution in [-0.2, 0) is 4.79 Å². The molecule has 2 nitrogen and oxygen atoms in total. The maximum atomic E-state index is 11.4. The second-order valence-electron chi connectivity index (χ2n) is 4.55. The van der Waals surface area contributed by atoms with Crippen molar-refractivity contribution in [2.45, 2.75) is 36.3 Å². The van der Waals surface area contributed by atoms with Gasteiger partial charge in [0.1, 0.15) is 4.75 Å². The van der Waals surface area contributed by atoms with Gasteiger partial charge in [-0.3, -0.25) is 4.79 Å². The van der Waals surface area contributed by atoms with E-state index in [0.29, 0.717) is 0 Å². The van der Waals surface area contributed by atoms with Crippen molar-refractivity contribution in [2.24, 2.45) is 5.92 Å². The van der Waals surface area contributed by atoms with Crippen LogP contribution in [0.2, 0.25) is 0 Å². The molecule has 2 unspecified atom stereocenters. The van der Waals surface area contributed by atoms with Crippen LogP contribution in [0, 0.1) is 12.8 Å². The van der Waals surface area contributed by atoms with Crippen molar-refractivity contribution in [1.82, 2.24) is 0 Å². The Morgan fingerprint density at radius 1 is 1.44 bits per heavy atom. The lowest BCUT2D eigenvalue weighted by molar-refractivity contribution is -0.144. The molecule has 0 amide bonds. The van der Waals surface area contributed by atoms with Crippen LogP contribution in [0.15, 0.2) is 29.2 Å². The Labute approximate surface area is 100 Å². The van der Waals surface area contributed by atoms with Crippen molar-refractivity contribution in [3.63, 3.8) is 0 Å². The van der Waals surface area contributed by atoms with Crippen LogP contribution in [0.1, 0.15) is 25.3 Å². The van der Waals surface area contributed by atoms with Gasteiger partial charge in [0.25, 0.3) is 0 Å². The van der Waals surface area contributed by atoms with E-state index in [9.17, 15) is 9.90 Å². The Morgan fingerprint density at radius 3 is 2.44 bits per heavy atom. The number of carboxylic acid groups (broad SMARTS) is 1. The molecule has 86 valence electrons. The molecular weight excluding hydrogens is 220 g/mol. The Kier molecular flexibility index (Phi) is 2.98. The molecule has 1 N–H and O–H groups in total. The van der Waals surface area contributed by atoms with E-state index < -0.39 is 10.7 Å². The van der Waals surface area contributed by atoms with Crippen molar-refractivity contribution in [3.05, 3.63) is 29.8 Å². The molecule has 0 saturated heterocycles. The molecule has 0 aliphatic heterocycles. The van der Waals surface area contributed by atoms with Crippen LogP contribution in [0.3, 0.4) is 0 Å². The summed E-state index contributed by atoms with van der Waals surface area (Å²) in [6.07, 6.45) is 1.80. The van der Waals surface area contributed by atoms with E-state index in [1.807, 2.05) is 38.1 Å². The second-order valence-corrected chi connectivity index (χ2v) is 5.95. The highest BCUT2D eigenvalue weighted by Crippen LogP contribution is 2.51. The average molecular weight is 236 g/mol. The van der Waals surface area contributed by atoms with Crippen molar-refractivity contribution in [1.29, 1.82) is 0 Å². The Balaban J connectivity index is 2.19. The molecule has 1 aromatic rings. The third-order valence-electron chi connectivity index (χ3n) is 3.43. The highest BCUT2D eigenvalue weighted by Gasteiger charge is 2.51. The summed E-state index contributed by atoms with van der Waals surface area (Å²) in [5.41, 5.74) is 1.20. The SMILES string of the molecule is Cc1ccc(SC2(C(=O)O)CCC2C)cc1. The summed E-state index contributed by atoms with van der Waals surface area (Å²) in [5, 5.41) is 9.35. The maximum absolute atomic E-state index is 11.4. The van der Waals surface area contributed by atoms with Crippen molar-refractivity contribution in [3.8, 4) is 0 Å². The van der Waals surface area contributed by atoms with E-state index in [1.54, 1.807) is 0 Å². The number of hydrogen-bond acceptors (Lipinski definition) is 2. The molecule has 3 heteroatoms. The Hall–Kier alpha value is -0.960. The summed E-state index contributed by atoms with van der Waals surface area (Å²) in [6, 6.07) is 8.08. The van der Waals surface area contributed by atoms with Gasteiger partial charge in [-0.05, 0) is 37.8 Å². The van der Waals surface area contributed by atoms with Gasteiger partial charge in [-0.25, -0.2) is 0 Å². The van der Waals surface area contributed by atoms with Crippen LogP contribution < -0.4 is 0 Å². The number of thioether (sulfide) groups is 1. The van der Waals surface area contributed by atoms with E-state index in [-0.39, 0.29) is 5.92 Å². The number of carbonyl (C=O) groups is 1. The molecule has 0 bridgehead atoms. The third-order valence-corrected chi connectivity index (χ3v) is 5.08. The summed E-state index contributed by atoms with van der Waals surface area (Å²) < 4.78 is -0.588. The third kappa shape index (κ3) is 1.84. The molecule has 1 aliphatic carbocycles. The summed E-state index contributed by atoms with van der Waals surface area (Å²) in [4.78, 5) is 12.4. The first-order valence-electron chi connectivity index (χ1n) is 5.54. The lowest BCUT2D eigenvalue weighted by Crippen LogP contribution is -2.49. The van der Waals surface area contributed by atoms with E-state index in [1.165, 1.54) is 17.3 Å². The minimum absolute atomic E-state index is 0.260. The number of aryl methyl sites for hydroxylation is 1. The van der Waals surface area contributed by atoms with E-state index in [2.05, 4.69) is 0 Å². The maximum Gasteiger partial charge on any atom is 0.320 e. The van der Waals surface area contributed by atoms with Crippen LogP contribution in [0.4, 0.5) is 0 Å². The fourth-order valence-corrected chi connectivity index (χ4v) is 3.34. The molecule has 16 heavy (non-hydrogen) atoms. The number of aliphatic carboxylic acids is 1. The average Bonchev–Trinajstić information content (AvgIpc) is 2.25. The van der Waals surface area contributed by atoms with Gasteiger partial charge in [0.15, 0.2) is 0 Å². The molecule has 0 spiro atoms. The summed E-state index contributed by atoms with van der Waals surface area (Å²) in [5.74, 6) is -0.409. The molecule has 2 rings (SSSR count). The number of carboxylic acids is 1. The van der Waals surface area contributed by atoms with E-state index in [0.717, 1.165) is 17.7 Å². The standard InChI is InChI=1S/C13H16O2S/c1-9-3-5-11(6-4-9)16-13(12(14)15)8-7-10(13)2/h3-6,10H,7-8H2,1-2H3,(H,14,15). The van der Waals surface area contributed by atoms with Gasteiger partial charge >= 0.3 is 5.97 Å². The highest BCUT2D eigenvalue weighted by molar-refractivity contribution is 8.01. The van der Waals surface area contributed by atoms with Crippen LogP contribution in [0.25, 0.3) is 0 Å². The lowest BCUT2D eigenvalue weighted by atomic mass is 9.74. The number of rotatable bonds is 3. The van der Waals surface area contributed by atoms with Gasteiger partial charge in [0, 0.05) is 4.90 Å². The Morgan fingerprint density at radius 2 is 2.06 bits per heavy atom. The van der Waals surface area contributed by atoms with E-state index in [4.69, 9.17) is 0 Å². The lowest BCUT2D eigenvalue weighted by Gasteiger charge is -2.43. The fourth-order valence-electron chi connectivity index (χ4n) is 2.02. The van der Waals surface area contributed by atoms with Gasteiger partial charge in [-0.2, -0.15) is 0 Å². The van der Waals surface area contributed by atoms with Crippen molar-refractivity contribution < 1.29 is 9.90 Å². The van der Waals surface area contributed by atoms with Crippen LogP contribution >= 0.6 is 11.8 Å². The van der Waals surface area contributed by atoms with Crippen LogP contribution in [-0.4, -0.2) is 15.8 Å². The second kappa shape index (κ2) is 4.13. The van der Waals surface area contributed by atoms with Crippen molar-refractivity contribution in [2.75, 3.05) is 0 Å². The molecule has 0 heterocycles. The van der Waals surface area contributed by atoms with E-state index >= 15 is 0 Å². The van der Waals surface area contributed by atoms with Gasteiger partial charge in [-0.15, -0.1) is 11.8 Å². The highest BCUT2D eigenvalue weighted by atomic mass is 32.2. The molecule has 1 aromatic carbocycles. The predicted octanol–water partition coefficient (Wildman–Crippen LogP) is 3.34. The minimum Gasteiger partial charge on any atom is -0.480 e. The molecular formula is C13H16O2S. The summed E-state index contributed by atoms with van der Waals surface area (Å²) in [6.45, 7) is 4.06. The normalized spacial score (nSPS) is 28.5. The molecule has 1 saturated carbocycles.